The van der Waals surface area contributed by atoms with E-state index in [4.69, 9.17) is 15.9 Å². The van der Waals surface area contributed by atoms with Gasteiger partial charge < -0.3 is 15.9 Å². The molecule has 0 unspecified atom stereocenters. The fourth-order valence-corrected chi connectivity index (χ4v) is 1.84. The maximum atomic E-state index is 9.04. The van der Waals surface area contributed by atoms with Gasteiger partial charge in [0.2, 0.25) is 0 Å². The zero-order valence-electron chi connectivity index (χ0n) is 12.8. The van der Waals surface area contributed by atoms with E-state index >= 15 is 0 Å². The van der Waals surface area contributed by atoms with Crippen molar-refractivity contribution >= 4 is 0 Å². The minimum Gasteiger partial charge on any atom is -0.393 e. The van der Waals surface area contributed by atoms with Crippen LogP contribution in [0.3, 0.4) is 0 Å². The van der Waals surface area contributed by atoms with E-state index in [1.165, 1.54) is 32.1 Å². The van der Waals surface area contributed by atoms with E-state index in [0.717, 1.165) is 13.0 Å². The van der Waals surface area contributed by atoms with E-state index in [1.807, 2.05) is 0 Å². The van der Waals surface area contributed by atoms with E-state index in [0.29, 0.717) is 5.69 Å². The first kappa shape index (κ1) is 17.6. The van der Waals surface area contributed by atoms with Crippen molar-refractivity contribution in [2.45, 2.75) is 57.5 Å². The lowest BCUT2D eigenvalue weighted by Crippen LogP contribution is -2.45. The van der Waals surface area contributed by atoms with E-state index in [9.17, 15) is 0 Å². The Morgan fingerprint density at radius 3 is 2.52 bits per heavy atom. The van der Waals surface area contributed by atoms with Crippen molar-refractivity contribution in [3.8, 4) is 11.8 Å². The Morgan fingerprint density at radius 2 is 1.86 bits per heavy atom. The second kappa shape index (κ2) is 9.50. The molecule has 0 saturated heterocycles. The molecule has 0 saturated carbocycles. The maximum absolute atomic E-state index is 9.04. The molecule has 0 aliphatic rings. The van der Waals surface area contributed by atoms with Crippen LogP contribution in [-0.2, 0) is 6.54 Å². The molecule has 0 fully saturated rings. The van der Waals surface area contributed by atoms with Crippen LogP contribution in [0.4, 0.5) is 0 Å². The van der Waals surface area contributed by atoms with Gasteiger partial charge in [-0.1, -0.05) is 50.2 Å². The Labute approximate surface area is 126 Å². The Balaban J connectivity index is 2.38. The third-order valence-corrected chi connectivity index (χ3v) is 3.28. The monoisotopic (exact) mass is 294 g/mol. The summed E-state index contributed by atoms with van der Waals surface area (Å²) in [5.41, 5.74) is 4.87. The van der Waals surface area contributed by atoms with Crippen LogP contribution in [0.2, 0.25) is 0 Å². The molecule has 0 aliphatic heterocycles. The highest BCUT2D eigenvalue weighted by atomic mass is 16.3. The largest absolute Gasteiger partial charge is 0.393 e. The number of rotatable bonds is 9. The summed E-state index contributed by atoms with van der Waals surface area (Å²) >= 11 is 0. The van der Waals surface area contributed by atoms with Gasteiger partial charge in [0, 0.05) is 6.54 Å². The molecule has 1 aromatic rings. The van der Waals surface area contributed by atoms with Gasteiger partial charge in [0.15, 0.2) is 5.69 Å². The van der Waals surface area contributed by atoms with Crippen molar-refractivity contribution in [1.29, 1.82) is 0 Å². The van der Waals surface area contributed by atoms with Gasteiger partial charge in [-0.05, 0) is 12.3 Å². The van der Waals surface area contributed by atoms with Crippen molar-refractivity contribution in [1.82, 2.24) is 15.0 Å². The molecule has 118 valence electrons. The third kappa shape index (κ3) is 6.71. The zero-order chi connectivity index (χ0) is 15.6. The molecule has 21 heavy (non-hydrogen) atoms. The second-order valence-electron chi connectivity index (χ2n) is 5.36. The lowest BCUT2D eigenvalue weighted by molar-refractivity contribution is 0.158. The van der Waals surface area contributed by atoms with Gasteiger partial charge in [0.25, 0.3) is 0 Å². The molecule has 6 heteroatoms. The molecule has 0 spiro atoms. The first-order valence-corrected chi connectivity index (χ1v) is 7.57. The van der Waals surface area contributed by atoms with Crippen molar-refractivity contribution < 1.29 is 10.2 Å². The van der Waals surface area contributed by atoms with Crippen molar-refractivity contribution in [2.24, 2.45) is 5.73 Å². The van der Waals surface area contributed by atoms with Gasteiger partial charge in [-0.2, -0.15) is 0 Å². The van der Waals surface area contributed by atoms with E-state index in [2.05, 4.69) is 29.1 Å². The normalized spacial score (nSPS) is 11.2. The highest BCUT2D eigenvalue weighted by molar-refractivity contribution is 5.29. The summed E-state index contributed by atoms with van der Waals surface area (Å²) in [4.78, 5) is 0. The molecule has 0 aliphatic carbocycles. The van der Waals surface area contributed by atoms with Crippen LogP contribution in [0.5, 0.6) is 0 Å². The Morgan fingerprint density at radius 1 is 1.19 bits per heavy atom. The summed E-state index contributed by atoms with van der Waals surface area (Å²) in [6.45, 7) is 2.24. The van der Waals surface area contributed by atoms with Crippen LogP contribution in [-0.4, -0.2) is 44.0 Å². The Kier molecular flexibility index (Phi) is 7.98. The summed E-state index contributed by atoms with van der Waals surface area (Å²) in [6, 6.07) is 0. The quantitative estimate of drug-likeness (QED) is 0.459. The highest BCUT2D eigenvalue weighted by Crippen LogP contribution is 2.06. The van der Waals surface area contributed by atoms with E-state index < -0.39 is 18.8 Å². The third-order valence-electron chi connectivity index (χ3n) is 3.28. The standard InChI is InChI=1S/C15H26N4O2/c1-2-3-4-5-6-7-10-19-11-14(17-18-19)8-9-15(16,12-20)13-21/h11,20-21H,2-7,10,12-13,16H2,1H3. The Hall–Kier alpha value is -1.42. The van der Waals surface area contributed by atoms with Gasteiger partial charge in [-0.15, -0.1) is 5.10 Å². The molecule has 1 heterocycles. The molecule has 6 nitrogen and oxygen atoms in total. The molecule has 1 rings (SSSR count). The van der Waals surface area contributed by atoms with Gasteiger partial charge in [-0.25, -0.2) is 0 Å². The van der Waals surface area contributed by atoms with Gasteiger partial charge >= 0.3 is 0 Å². The minimum atomic E-state index is -1.29. The predicted molar refractivity (Wildman–Crippen MR) is 81.4 cm³/mol. The van der Waals surface area contributed by atoms with Crippen LogP contribution in [0, 0.1) is 11.8 Å². The minimum absolute atomic E-state index is 0.400. The number of unbranched alkanes of at least 4 members (excludes halogenated alkanes) is 5. The van der Waals surface area contributed by atoms with Gasteiger partial charge in [0.1, 0.15) is 5.54 Å². The van der Waals surface area contributed by atoms with Gasteiger partial charge in [-0.3, -0.25) is 4.68 Å². The first-order chi connectivity index (χ1) is 10.1. The van der Waals surface area contributed by atoms with E-state index in [1.54, 1.807) is 10.9 Å². The molecule has 0 aromatic carbocycles. The molecular weight excluding hydrogens is 268 g/mol. The van der Waals surface area contributed by atoms with Crippen molar-refractivity contribution in [3.05, 3.63) is 11.9 Å². The van der Waals surface area contributed by atoms with Crippen molar-refractivity contribution in [3.63, 3.8) is 0 Å². The van der Waals surface area contributed by atoms with Crippen LogP contribution in [0.1, 0.15) is 51.1 Å². The SMILES string of the molecule is CCCCCCCCn1cc(C#CC(N)(CO)CO)nn1. The van der Waals surface area contributed by atoms with Crippen molar-refractivity contribution in [2.75, 3.05) is 13.2 Å². The number of hydrogen-bond acceptors (Lipinski definition) is 5. The topological polar surface area (TPSA) is 97.2 Å². The summed E-state index contributed by atoms with van der Waals surface area (Å²) in [6.07, 6.45) is 9.16. The molecule has 0 bridgehead atoms. The molecular formula is C15H26N4O2. The number of aliphatic hydroxyl groups excluding tert-OH is 2. The fraction of sp³-hybridized carbons (Fsp3) is 0.733. The van der Waals surface area contributed by atoms with Crippen LogP contribution in [0.25, 0.3) is 0 Å². The number of aliphatic hydroxyl groups is 2. The summed E-state index contributed by atoms with van der Waals surface area (Å²) in [5, 5.41) is 26.0. The second-order valence-corrected chi connectivity index (χ2v) is 5.36. The van der Waals surface area contributed by atoms with Gasteiger partial charge in [0.05, 0.1) is 19.4 Å². The lowest BCUT2D eigenvalue weighted by Gasteiger charge is -2.16. The molecule has 0 radical (unpaired) electrons. The number of hydrogen-bond donors (Lipinski definition) is 3. The highest BCUT2D eigenvalue weighted by Gasteiger charge is 2.19. The Bertz CT molecular complexity index is 458. The molecule has 4 N–H and O–H groups in total. The number of nitrogens with zero attached hydrogens (tertiary/aromatic N) is 3. The van der Waals surface area contributed by atoms with Crippen LogP contribution in [0.15, 0.2) is 6.20 Å². The summed E-state index contributed by atoms with van der Waals surface area (Å²) in [7, 11) is 0. The predicted octanol–water partition coefficient (Wildman–Crippen LogP) is 0.672. The lowest BCUT2D eigenvalue weighted by atomic mass is 10.1. The molecule has 1 aromatic heterocycles. The number of nitrogens with two attached hydrogens (primary N) is 1. The average Bonchev–Trinajstić information content (AvgIpc) is 2.96. The van der Waals surface area contributed by atoms with Crippen LogP contribution < -0.4 is 5.73 Å². The average molecular weight is 294 g/mol. The molecule has 0 atom stereocenters. The molecule has 0 amide bonds. The number of aromatic nitrogens is 3. The smallest absolute Gasteiger partial charge is 0.155 e. The summed E-state index contributed by atoms with van der Waals surface area (Å²) in [5.74, 6) is 5.36. The maximum Gasteiger partial charge on any atom is 0.155 e. The fourth-order valence-electron chi connectivity index (χ4n) is 1.84. The van der Waals surface area contributed by atoms with Crippen LogP contribution >= 0.6 is 0 Å². The zero-order valence-corrected chi connectivity index (χ0v) is 12.8. The van der Waals surface area contributed by atoms with E-state index in [-0.39, 0.29) is 0 Å². The number of aryl methyl sites for hydroxylation is 1. The first-order valence-electron chi connectivity index (χ1n) is 7.57. The summed E-state index contributed by atoms with van der Waals surface area (Å²) < 4.78 is 1.76.